The van der Waals surface area contributed by atoms with Crippen LogP contribution in [0.4, 0.5) is 11.4 Å². The maximum atomic E-state index is 12.3. The molecule has 2 aromatic rings. The lowest BCUT2D eigenvalue weighted by Gasteiger charge is -2.09. The number of amides is 1. The van der Waals surface area contributed by atoms with Gasteiger partial charge in [-0.05, 0) is 53.3 Å². The molecule has 0 heterocycles. The summed E-state index contributed by atoms with van der Waals surface area (Å²) in [6.07, 6.45) is 0. The molecule has 0 aliphatic carbocycles. The predicted octanol–water partition coefficient (Wildman–Crippen LogP) is 4.52. The van der Waals surface area contributed by atoms with Gasteiger partial charge in [0.1, 0.15) is 0 Å². The van der Waals surface area contributed by atoms with E-state index in [0.29, 0.717) is 11.3 Å². The number of carbonyl (C=O) groups is 1. The summed E-state index contributed by atoms with van der Waals surface area (Å²) in [7, 11) is 0. The Balaban J connectivity index is 2.33. The molecule has 0 saturated heterocycles. The van der Waals surface area contributed by atoms with Crippen molar-refractivity contribution < 1.29 is 9.72 Å². The van der Waals surface area contributed by atoms with E-state index in [1.165, 1.54) is 12.1 Å². The lowest BCUT2D eigenvalue weighted by atomic mass is 10.1. The van der Waals surface area contributed by atoms with Gasteiger partial charge in [-0.3, -0.25) is 14.9 Å². The number of anilines is 1. The summed E-state index contributed by atoms with van der Waals surface area (Å²) in [5.41, 5.74) is 1.65. The number of halogens is 2. The molecule has 2 aromatic carbocycles. The average Bonchev–Trinajstić information content (AvgIpc) is 2.43. The van der Waals surface area contributed by atoms with Gasteiger partial charge in [-0.1, -0.05) is 22.0 Å². The largest absolute Gasteiger partial charge is 0.321 e. The van der Waals surface area contributed by atoms with Gasteiger partial charge in [-0.25, -0.2) is 0 Å². The van der Waals surface area contributed by atoms with Crippen molar-refractivity contribution in [1.82, 2.24) is 0 Å². The number of rotatable bonds is 3. The minimum atomic E-state index is -0.488. The van der Waals surface area contributed by atoms with Gasteiger partial charge in [0, 0.05) is 20.2 Å². The van der Waals surface area contributed by atoms with Crippen molar-refractivity contribution in [1.29, 1.82) is 0 Å². The Bertz CT molecular complexity index is 734. The molecular weight excluding hydrogens is 451 g/mol. The number of non-ortho nitro benzene ring substituents is 1. The summed E-state index contributed by atoms with van der Waals surface area (Å²) in [6.45, 7) is 1.78. The van der Waals surface area contributed by atoms with Crippen molar-refractivity contribution in [2.24, 2.45) is 0 Å². The van der Waals surface area contributed by atoms with Gasteiger partial charge >= 0.3 is 0 Å². The lowest BCUT2D eigenvalue weighted by Crippen LogP contribution is -2.14. The van der Waals surface area contributed by atoms with E-state index in [1.54, 1.807) is 19.1 Å². The van der Waals surface area contributed by atoms with Crippen molar-refractivity contribution in [3.8, 4) is 0 Å². The highest BCUT2D eigenvalue weighted by Crippen LogP contribution is 2.24. The third-order valence-corrected chi connectivity index (χ3v) is 4.29. The fourth-order valence-electron chi connectivity index (χ4n) is 1.72. The molecular formula is C14H10BrIN2O3. The van der Waals surface area contributed by atoms with E-state index in [4.69, 9.17) is 0 Å². The first-order valence-electron chi connectivity index (χ1n) is 5.90. The first-order valence-corrected chi connectivity index (χ1v) is 7.77. The minimum Gasteiger partial charge on any atom is -0.321 e. The molecule has 0 radical (unpaired) electrons. The van der Waals surface area contributed by atoms with Crippen LogP contribution in [0.1, 0.15) is 15.9 Å². The second kappa shape index (κ2) is 6.52. The van der Waals surface area contributed by atoms with Gasteiger partial charge in [0.15, 0.2) is 0 Å². The normalized spacial score (nSPS) is 10.2. The third-order valence-electron chi connectivity index (χ3n) is 2.85. The van der Waals surface area contributed by atoms with Crippen LogP contribution in [-0.4, -0.2) is 10.8 Å². The number of nitro groups is 1. The Morgan fingerprint density at radius 2 is 2.00 bits per heavy atom. The van der Waals surface area contributed by atoms with Crippen LogP contribution in [0.5, 0.6) is 0 Å². The highest BCUT2D eigenvalue weighted by Gasteiger charge is 2.14. The van der Waals surface area contributed by atoms with E-state index >= 15 is 0 Å². The van der Waals surface area contributed by atoms with Crippen molar-refractivity contribution in [3.05, 3.63) is 65.7 Å². The number of benzene rings is 2. The van der Waals surface area contributed by atoms with E-state index in [9.17, 15) is 14.9 Å². The van der Waals surface area contributed by atoms with Crippen molar-refractivity contribution in [3.63, 3.8) is 0 Å². The van der Waals surface area contributed by atoms with Crippen LogP contribution in [-0.2, 0) is 0 Å². The van der Waals surface area contributed by atoms with Crippen LogP contribution in [0.25, 0.3) is 0 Å². The summed E-state index contributed by atoms with van der Waals surface area (Å²) in [4.78, 5) is 22.6. The fourth-order valence-corrected chi connectivity index (χ4v) is 2.66. The van der Waals surface area contributed by atoms with E-state index in [-0.39, 0.29) is 11.6 Å². The predicted molar refractivity (Wildman–Crippen MR) is 92.6 cm³/mol. The van der Waals surface area contributed by atoms with Crippen LogP contribution in [0.15, 0.2) is 40.9 Å². The van der Waals surface area contributed by atoms with Crippen molar-refractivity contribution in [2.45, 2.75) is 6.92 Å². The van der Waals surface area contributed by atoms with Crippen molar-refractivity contribution in [2.75, 3.05) is 5.32 Å². The molecule has 0 aromatic heterocycles. The number of carbonyl (C=O) groups excluding carboxylic acids is 1. The van der Waals surface area contributed by atoms with Crippen LogP contribution in [0.2, 0.25) is 0 Å². The Kier molecular flexibility index (Phi) is 4.94. The molecule has 2 rings (SSSR count). The summed E-state index contributed by atoms with van der Waals surface area (Å²) in [5, 5.41) is 13.5. The van der Waals surface area contributed by atoms with Crippen LogP contribution in [0.3, 0.4) is 0 Å². The number of hydrogen-bond acceptors (Lipinski definition) is 3. The average molecular weight is 461 g/mol. The molecule has 0 atom stereocenters. The molecule has 0 unspecified atom stereocenters. The Morgan fingerprint density at radius 1 is 1.29 bits per heavy atom. The molecule has 0 bridgehead atoms. The number of hydrogen-bond donors (Lipinski definition) is 1. The molecule has 5 nitrogen and oxygen atoms in total. The van der Waals surface area contributed by atoms with Crippen LogP contribution >= 0.6 is 38.5 Å². The second-order valence-corrected chi connectivity index (χ2v) is 6.41. The zero-order valence-electron chi connectivity index (χ0n) is 10.9. The van der Waals surface area contributed by atoms with E-state index in [2.05, 4.69) is 43.8 Å². The van der Waals surface area contributed by atoms with Gasteiger partial charge in [-0.15, -0.1) is 0 Å². The number of nitrogens with one attached hydrogen (secondary N) is 1. The lowest BCUT2D eigenvalue weighted by molar-refractivity contribution is -0.384. The van der Waals surface area contributed by atoms with Gasteiger partial charge < -0.3 is 5.32 Å². The molecule has 0 fully saturated rings. The van der Waals surface area contributed by atoms with Crippen molar-refractivity contribution >= 4 is 55.8 Å². The molecule has 7 heteroatoms. The quantitative estimate of drug-likeness (QED) is 0.415. The second-order valence-electron chi connectivity index (χ2n) is 4.33. The highest BCUT2D eigenvalue weighted by atomic mass is 127. The Labute approximate surface area is 143 Å². The molecule has 0 spiro atoms. The number of nitro benzene ring substituents is 1. The monoisotopic (exact) mass is 460 g/mol. The zero-order valence-corrected chi connectivity index (χ0v) is 14.6. The maximum absolute atomic E-state index is 12.3. The molecule has 1 N–H and O–H groups in total. The Hall–Kier alpha value is -1.48. The Morgan fingerprint density at radius 3 is 2.67 bits per heavy atom. The molecule has 1 amide bonds. The standard InChI is InChI=1S/C14H10BrIN2O3/c1-8-2-4-10(18(20)21)7-13(8)17-14(19)11-6-9(15)3-5-12(11)16/h2-7H,1H3,(H,17,19). The van der Waals surface area contributed by atoms with Gasteiger partial charge in [0.25, 0.3) is 11.6 Å². The summed E-state index contributed by atoms with van der Waals surface area (Å²) >= 11 is 5.39. The van der Waals surface area contributed by atoms with E-state index in [1.807, 2.05) is 12.1 Å². The van der Waals surface area contributed by atoms with E-state index < -0.39 is 4.92 Å². The fraction of sp³-hybridized carbons (Fsp3) is 0.0714. The molecule has 0 aliphatic rings. The van der Waals surface area contributed by atoms with E-state index in [0.717, 1.165) is 13.6 Å². The summed E-state index contributed by atoms with van der Waals surface area (Å²) in [6, 6.07) is 9.76. The number of nitrogens with zero attached hydrogens (tertiary/aromatic N) is 1. The first-order chi connectivity index (χ1) is 9.88. The molecule has 0 saturated carbocycles. The molecule has 21 heavy (non-hydrogen) atoms. The SMILES string of the molecule is Cc1ccc([N+](=O)[O-])cc1NC(=O)c1cc(Br)ccc1I. The molecule has 108 valence electrons. The van der Waals surface area contributed by atoms with Gasteiger partial charge in [0.2, 0.25) is 0 Å². The maximum Gasteiger partial charge on any atom is 0.271 e. The first kappa shape index (κ1) is 15.9. The minimum absolute atomic E-state index is 0.0557. The van der Waals surface area contributed by atoms with Gasteiger partial charge in [-0.2, -0.15) is 0 Å². The van der Waals surface area contributed by atoms with Crippen LogP contribution in [0, 0.1) is 20.6 Å². The molecule has 0 aliphatic heterocycles. The smallest absolute Gasteiger partial charge is 0.271 e. The van der Waals surface area contributed by atoms with Crippen LogP contribution < -0.4 is 5.32 Å². The van der Waals surface area contributed by atoms with Gasteiger partial charge in [0.05, 0.1) is 16.2 Å². The summed E-state index contributed by atoms with van der Waals surface area (Å²) in [5.74, 6) is -0.302. The topological polar surface area (TPSA) is 72.2 Å². The number of aryl methyl sites for hydroxylation is 1. The third kappa shape index (κ3) is 3.79. The zero-order chi connectivity index (χ0) is 15.6. The summed E-state index contributed by atoms with van der Waals surface area (Å²) < 4.78 is 1.60. The highest BCUT2D eigenvalue weighted by molar-refractivity contribution is 14.1.